The maximum absolute atomic E-state index is 14.4. The lowest BCUT2D eigenvalue weighted by Crippen LogP contribution is -2.47. The number of amides is 2. The molecule has 3 atom stereocenters. The summed E-state index contributed by atoms with van der Waals surface area (Å²) in [5.41, 5.74) is -0.521. The van der Waals surface area contributed by atoms with Crippen molar-refractivity contribution in [2.75, 3.05) is 0 Å². The molecule has 0 fully saturated rings. The number of hydrogen-bond acceptors (Lipinski definition) is 14. The second-order valence-corrected chi connectivity index (χ2v) is 21.9. The molecule has 0 saturated heterocycles. The molecule has 2 N–H and O–H groups in total. The second kappa shape index (κ2) is 27.1. The fourth-order valence-electron chi connectivity index (χ4n) is 9.66. The van der Waals surface area contributed by atoms with Crippen molar-refractivity contribution in [3.63, 3.8) is 0 Å². The van der Waals surface area contributed by atoms with E-state index in [0.717, 1.165) is 81.8 Å². The zero-order valence-electron chi connectivity index (χ0n) is 46.2. The van der Waals surface area contributed by atoms with Crippen LogP contribution < -0.4 is 20.9 Å². The highest BCUT2D eigenvalue weighted by atomic mass is 16.6. The molecule has 0 saturated carbocycles. The topological polar surface area (TPSA) is 225 Å². The largest absolute Gasteiger partial charge is 0.458 e. The van der Waals surface area contributed by atoms with Crippen LogP contribution in [0.2, 0.25) is 0 Å². The number of fused-ring (bicyclic) bond motifs is 5. The zero-order valence-corrected chi connectivity index (χ0v) is 46.2. The van der Waals surface area contributed by atoms with Crippen LogP contribution in [0.25, 0.3) is 22.3 Å². The quantitative estimate of drug-likeness (QED) is 0.0234. The number of hydrogen-bond donors (Lipinski definition) is 2. The number of esters is 5. The van der Waals surface area contributed by atoms with E-state index in [4.69, 9.17) is 28.7 Å². The van der Waals surface area contributed by atoms with Crippen molar-refractivity contribution in [1.82, 2.24) is 20.2 Å². The molecular weight excluding hydrogens is 961 g/mol. The summed E-state index contributed by atoms with van der Waals surface area (Å²) in [5, 5.41) is 6.22. The Morgan fingerprint density at radius 1 is 0.693 bits per heavy atom. The highest BCUT2D eigenvalue weighted by Gasteiger charge is 2.50. The van der Waals surface area contributed by atoms with Gasteiger partial charge in [-0.25, -0.2) is 19.4 Å². The van der Waals surface area contributed by atoms with Crippen LogP contribution in [0.1, 0.15) is 213 Å². The number of ether oxygens (including phenoxy) is 5. The molecule has 0 aliphatic carbocycles. The zero-order chi connectivity index (χ0) is 55.1. The van der Waals surface area contributed by atoms with E-state index >= 15 is 0 Å². The number of benzene rings is 1. The van der Waals surface area contributed by atoms with Crippen LogP contribution in [0.4, 0.5) is 0 Å². The first kappa shape index (κ1) is 59.7. The molecular formula is C58H82N4O13. The van der Waals surface area contributed by atoms with Crippen molar-refractivity contribution in [2.45, 2.75) is 240 Å². The van der Waals surface area contributed by atoms with Gasteiger partial charge >= 0.3 is 29.8 Å². The number of nitrogens with zero attached hydrogens (tertiary/aromatic N) is 2. The molecule has 2 aromatic heterocycles. The molecule has 1 aromatic carbocycles. The predicted molar refractivity (Wildman–Crippen MR) is 283 cm³/mol. The maximum Gasteiger partial charge on any atom is 0.355 e. The Bertz CT molecular complexity index is 2610. The molecule has 3 unspecified atom stereocenters. The standard InChI is InChI=1S/C58H82N4O13/c1-11-15-17-19-21-23-25-44(53(68)74-56(5,6)7)59-47(63)29-31-49(65)72-37-27-28-43-39(33-37)38(13-3)40-35-62-46(51(40)61-43)34-42-41(52(62)67)36-71-55(70)58(42,14-4)73-50(66)32-30-48(64)60-45(54(69)75-57(8,9)10)26-24-22-20-18-16-12-2/h27-28,33-34,44-45H,11-26,29-32,35-36H2,1-10H3,(H,59,63)(H,60,64). The average Bonchev–Trinajstić information content (AvgIpc) is 3.71. The van der Waals surface area contributed by atoms with Crippen molar-refractivity contribution in [3.8, 4) is 17.1 Å². The molecule has 17 nitrogen and oxygen atoms in total. The number of cyclic esters (lactones) is 1. The Morgan fingerprint density at radius 2 is 1.23 bits per heavy atom. The minimum Gasteiger partial charge on any atom is -0.458 e. The van der Waals surface area contributed by atoms with Gasteiger partial charge in [0, 0.05) is 29.4 Å². The van der Waals surface area contributed by atoms with E-state index in [1.807, 2.05) is 6.92 Å². The summed E-state index contributed by atoms with van der Waals surface area (Å²) in [7, 11) is 0. The lowest BCUT2D eigenvalue weighted by molar-refractivity contribution is -0.189. The SMILES string of the molecule is CCCCCCCCC(NC(=O)CCC(=O)Oc1ccc2nc3c(c(CC)c2c1)Cn1c-3cc2c(c1=O)COC(=O)C2(CC)OC(=O)CCC(=O)NC(CCCCCCCC)C(=O)OC(C)(C)C)C(=O)OC(C)(C)C. The first-order chi connectivity index (χ1) is 35.5. The van der Waals surface area contributed by atoms with Crippen LogP contribution in [0.5, 0.6) is 5.75 Å². The number of pyridine rings is 2. The van der Waals surface area contributed by atoms with E-state index in [-0.39, 0.29) is 55.7 Å². The van der Waals surface area contributed by atoms with Crippen molar-refractivity contribution in [1.29, 1.82) is 0 Å². The molecule has 2 amide bonds. The Labute approximate surface area is 442 Å². The van der Waals surface area contributed by atoms with E-state index in [1.165, 1.54) is 0 Å². The van der Waals surface area contributed by atoms with Gasteiger partial charge in [0.15, 0.2) is 0 Å². The van der Waals surface area contributed by atoms with Crippen LogP contribution in [0, 0.1) is 0 Å². The molecule has 3 aromatic rings. The maximum atomic E-state index is 14.4. The molecule has 75 heavy (non-hydrogen) atoms. The summed E-state index contributed by atoms with van der Waals surface area (Å²) in [6, 6.07) is 4.93. The van der Waals surface area contributed by atoms with Gasteiger partial charge in [0.05, 0.1) is 41.9 Å². The molecule has 0 spiro atoms. The summed E-state index contributed by atoms with van der Waals surface area (Å²) in [6.45, 7) is 18.3. The Kier molecular flexibility index (Phi) is 21.6. The highest BCUT2D eigenvalue weighted by molar-refractivity contribution is 5.92. The number of carbonyl (C=O) groups excluding carboxylic acids is 7. The third-order valence-corrected chi connectivity index (χ3v) is 13.5. The van der Waals surface area contributed by atoms with Crippen molar-refractivity contribution >= 4 is 52.6 Å². The molecule has 2 aliphatic heterocycles. The first-order valence-electron chi connectivity index (χ1n) is 27.4. The number of nitrogens with one attached hydrogen (secondary N) is 2. The van der Waals surface area contributed by atoms with Crippen LogP contribution in [-0.2, 0) is 77.7 Å². The van der Waals surface area contributed by atoms with E-state index in [1.54, 1.807) is 77.3 Å². The normalized spacial score (nSPS) is 15.7. The summed E-state index contributed by atoms with van der Waals surface area (Å²) in [5.74, 6) is -4.21. The van der Waals surface area contributed by atoms with Crippen LogP contribution in [0.3, 0.4) is 0 Å². The summed E-state index contributed by atoms with van der Waals surface area (Å²) >= 11 is 0. The monoisotopic (exact) mass is 1040 g/mol. The molecule has 412 valence electrons. The van der Waals surface area contributed by atoms with Gasteiger partial charge in [0.2, 0.25) is 17.4 Å². The van der Waals surface area contributed by atoms with Gasteiger partial charge in [0.25, 0.3) is 5.56 Å². The van der Waals surface area contributed by atoms with Crippen molar-refractivity contribution in [3.05, 3.63) is 56.9 Å². The molecule has 5 rings (SSSR count). The van der Waals surface area contributed by atoms with Gasteiger partial charge in [-0.15, -0.1) is 0 Å². The van der Waals surface area contributed by atoms with Crippen molar-refractivity contribution < 1.29 is 57.2 Å². The third-order valence-electron chi connectivity index (χ3n) is 13.5. The molecule has 2 aliphatic rings. The fraction of sp³-hybridized carbons (Fsp3) is 0.638. The summed E-state index contributed by atoms with van der Waals surface area (Å²) in [6.07, 6.45) is 12.2. The van der Waals surface area contributed by atoms with Crippen molar-refractivity contribution in [2.24, 2.45) is 0 Å². The lowest BCUT2D eigenvalue weighted by atomic mass is 9.85. The summed E-state index contributed by atoms with van der Waals surface area (Å²) in [4.78, 5) is 112. The Balaban J connectivity index is 1.29. The van der Waals surface area contributed by atoms with Gasteiger partial charge in [-0.1, -0.05) is 105 Å². The number of unbranched alkanes of at least 4 members (excludes halogenated alkanes) is 10. The van der Waals surface area contributed by atoms with Crippen LogP contribution in [0.15, 0.2) is 29.1 Å². The van der Waals surface area contributed by atoms with Gasteiger partial charge in [-0.05, 0) is 97.1 Å². The minimum absolute atomic E-state index is 0.0745. The Morgan fingerprint density at radius 3 is 1.75 bits per heavy atom. The number of carbonyl (C=O) groups is 7. The van der Waals surface area contributed by atoms with E-state index in [0.29, 0.717) is 48.0 Å². The van der Waals surface area contributed by atoms with E-state index in [2.05, 4.69) is 24.5 Å². The fourth-order valence-corrected chi connectivity index (χ4v) is 9.66. The highest BCUT2D eigenvalue weighted by Crippen LogP contribution is 2.43. The first-order valence-corrected chi connectivity index (χ1v) is 27.4. The van der Waals surface area contributed by atoms with Gasteiger partial charge < -0.3 is 38.9 Å². The van der Waals surface area contributed by atoms with Gasteiger partial charge in [-0.2, -0.15) is 0 Å². The molecule has 0 radical (unpaired) electrons. The van der Waals surface area contributed by atoms with E-state index in [9.17, 15) is 38.4 Å². The number of rotatable bonds is 28. The second-order valence-electron chi connectivity index (χ2n) is 21.9. The summed E-state index contributed by atoms with van der Waals surface area (Å²) < 4.78 is 30.0. The minimum atomic E-state index is -1.99. The lowest BCUT2D eigenvalue weighted by Gasteiger charge is -2.35. The smallest absolute Gasteiger partial charge is 0.355 e. The molecule has 4 heterocycles. The molecule has 17 heteroatoms. The number of aromatic nitrogens is 2. The van der Waals surface area contributed by atoms with Crippen LogP contribution in [-0.4, -0.2) is 74.5 Å². The van der Waals surface area contributed by atoms with E-state index < -0.39 is 82.5 Å². The van der Waals surface area contributed by atoms with Gasteiger partial charge in [-0.3, -0.25) is 24.0 Å². The third kappa shape index (κ3) is 16.4. The predicted octanol–water partition coefficient (Wildman–Crippen LogP) is 9.81. The van der Waals surface area contributed by atoms with Crippen LogP contribution >= 0.6 is 0 Å². The average molecular weight is 1040 g/mol. The van der Waals surface area contributed by atoms with Gasteiger partial charge in [0.1, 0.15) is 35.6 Å². The molecule has 0 bridgehead atoms. The number of aryl methyl sites for hydroxylation is 1. The Hall–Kier alpha value is -6.13.